The van der Waals surface area contributed by atoms with Gasteiger partial charge in [-0.3, -0.25) is 4.68 Å². The van der Waals surface area contributed by atoms with Gasteiger partial charge in [-0.25, -0.2) is 8.78 Å². The van der Waals surface area contributed by atoms with Crippen LogP contribution in [-0.2, 0) is 12.5 Å². The van der Waals surface area contributed by atoms with Crippen LogP contribution in [0.1, 0.15) is 12.0 Å². The second-order valence-electron chi connectivity index (χ2n) is 4.50. The molecule has 1 saturated carbocycles. The van der Waals surface area contributed by atoms with Crippen molar-refractivity contribution >= 4 is 0 Å². The van der Waals surface area contributed by atoms with Gasteiger partial charge in [0.05, 0.1) is 17.5 Å². The summed E-state index contributed by atoms with van der Waals surface area (Å²) in [6, 6.07) is 0. The highest BCUT2D eigenvalue weighted by Crippen LogP contribution is 2.69. The molecule has 0 spiro atoms. The summed E-state index contributed by atoms with van der Waals surface area (Å²) >= 11 is 0. The van der Waals surface area contributed by atoms with Crippen LogP contribution < -0.4 is 5.32 Å². The molecule has 15 heavy (non-hydrogen) atoms. The van der Waals surface area contributed by atoms with E-state index in [-0.39, 0.29) is 0 Å². The molecule has 0 bridgehead atoms. The predicted octanol–water partition coefficient (Wildman–Crippen LogP) is 0.916. The number of piperidine rings is 1. The molecule has 2 aliphatic rings. The lowest BCUT2D eigenvalue weighted by Gasteiger charge is -2.19. The monoisotopic (exact) mass is 213 g/mol. The maximum Gasteiger partial charge on any atom is 0.263 e. The smallest absolute Gasteiger partial charge is 0.263 e. The fourth-order valence-electron chi connectivity index (χ4n) is 2.90. The first kappa shape index (κ1) is 9.27. The summed E-state index contributed by atoms with van der Waals surface area (Å²) in [5.74, 6) is -3.09. The number of aromatic nitrogens is 2. The second kappa shape index (κ2) is 2.58. The van der Waals surface area contributed by atoms with E-state index in [1.165, 1.54) is 0 Å². The molecule has 1 N–H and O–H groups in total. The quantitative estimate of drug-likeness (QED) is 0.751. The summed E-state index contributed by atoms with van der Waals surface area (Å²) in [5.41, 5.74) is -0.228. The van der Waals surface area contributed by atoms with E-state index >= 15 is 0 Å². The molecule has 0 aromatic carbocycles. The fourth-order valence-corrected chi connectivity index (χ4v) is 2.90. The van der Waals surface area contributed by atoms with Crippen LogP contribution in [0, 0.1) is 5.92 Å². The summed E-state index contributed by atoms with van der Waals surface area (Å²) in [7, 11) is 1.76. The summed E-state index contributed by atoms with van der Waals surface area (Å²) < 4.78 is 29.1. The van der Waals surface area contributed by atoms with Crippen molar-refractivity contribution in [1.82, 2.24) is 15.1 Å². The van der Waals surface area contributed by atoms with Gasteiger partial charge < -0.3 is 5.32 Å². The van der Waals surface area contributed by atoms with Gasteiger partial charge in [0.25, 0.3) is 5.92 Å². The lowest BCUT2D eigenvalue weighted by atomic mass is 9.90. The number of aryl methyl sites for hydroxylation is 1. The average molecular weight is 213 g/mol. The minimum Gasteiger partial charge on any atom is -0.316 e. The van der Waals surface area contributed by atoms with Crippen LogP contribution in [0.2, 0.25) is 0 Å². The Balaban J connectivity index is 2.03. The molecule has 3 rings (SSSR count). The standard InChI is InChI=1S/C10H13F2N3/c1-15-6-7(4-14-15)9-2-3-13-5-8(9)10(9,11)12/h4,6,8,13H,2-3,5H2,1H3/t8-,9-/m0/s1. The number of nitrogens with one attached hydrogen (secondary N) is 1. The summed E-state index contributed by atoms with van der Waals surface area (Å²) in [4.78, 5) is 0. The fraction of sp³-hybridized carbons (Fsp3) is 0.700. The van der Waals surface area contributed by atoms with Crippen molar-refractivity contribution in [2.45, 2.75) is 17.8 Å². The van der Waals surface area contributed by atoms with Crippen molar-refractivity contribution in [3.05, 3.63) is 18.0 Å². The Bertz CT molecular complexity index is 401. The van der Waals surface area contributed by atoms with Gasteiger partial charge in [0.2, 0.25) is 0 Å². The van der Waals surface area contributed by atoms with Crippen LogP contribution in [0.25, 0.3) is 0 Å². The van der Waals surface area contributed by atoms with Gasteiger partial charge in [0.15, 0.2) is 0 Å². The van der Waals surface area contributed by atoms with Gasteiger partial charge in [-0.2, -0.15) is 5.10 Å². The number of nitrogens with zero attached hydrogens (tertiary/aromatic N) is 2. The predicted molar refractivity (Wildman–Crippen MR) is 50.8 cm³/mol. The molecular formula is C10H13F2N3. The van der Waals surface area contributed by atoms with Crippen LogP contribution in [0.3, 0.4) is 0 Å². The zero-order valence-electron chi connectivity index (χ0n) is 8.50. The maximum atomic E-state index is 13.8. The van der Waals surface area contributed by atoms with Crippen molar-refractivity contribution in [2.75, 3.05) is 13.1 Å². The number of fused-ring (bicyclic) bond motifs is 1. The van der Waals surface area contributed by atoms with E-state index in [1.807, 2.05) is 0 Å². The van der Waals surface area contributed by atoms with E-state index in [0.717, 1.165) is 0 Å². The van der Waals surface area contributed by atoms with Crippen molar-refractivity contribution in [1.29, 1.82) is 0 Å². The lowest BCUT2D eigenvalue weighted by molar-refractivity contribution is 0.0781. The van der Waals surface area contributed by atoms with Gasteiger partial charge >= 0.3 is 0 Å². The van der Waals surface area contributed by atoms with Crippen LogP contribution in [-0.4, -0.2) is 28.8 Å². The van der Waals surface area contributed by atoms with Gasteiger partial charge in [-0.1, -0.05) is 0 Å². The summed E-state index contributed by atoms with van der Waals surface area (Å²) in [6.45, 7) is 1.09. The number of hydrogen-bond acceptors (Lipinski definition) is 2. The number of halogens is 2. The van der Waals surface area contributed by atoms with Gasteiger partial charge in [-0.05, 0) is 13.0 Å². The molecule has 2 atom stereocenters. The van der Waals surface area contributed by atoms with E-state index in [2.05, 4.69) is 10.4 Å². The molecule has 1 saturated heterocycles. The highest BCUT2D eigenvalue weighted by atomic mass is 19.3. The van der Waals surface area contributed by atoms with Crippen molar-refractivity contribution in [3.8, 4) is 0 Å². The van der Waals surface area contributed by atoms with E-state index in [4.69, 9.17) is 0 Å². The van der Waals surface area contributed by atoms with E-state index in [9.17, 15) is 8.78 Å². The van der Waals surface area contributed by atoms with Crippen LogP contribution in [0.4, 0.5) is 8.78 Å². The van der Waals surface area contributed by atoms with Crippen LogP contribution in [0.15, 0.2) is 12.4 Å². The summed E-state index contributed by atoms with van der Waals surface area (Å²) in [5, 5.41) is 7.02. The molecule has 1 aliphatic carbocycles. The highest BCUT2D eigenvalue weighted by Gasteiger charge is 2.81. The molecule has 1 aliphatic heterocycles. The zero-order chi connectivity index (χ0) is 10.7. The van der Waals surface area contributed by atoms with Gasteiger partial charge in [0, 0.05) is 25.4 Å². The largest absolute Gasteiger partial charge is 0.316 e. The molecular weight excluding hydrogens is 200 g/mol. The number of rotatable bonds is 1. The van der Waals surface area contributed by atoms with E-state index in [0.29, 0.717) is 25.1 Å². The molecule has 0 radical (unpaired) electrons. The first-order valence-electron chi connectivity index (χ1n) is 5.17. The molecule has 0 unspecified atom stereocenters. The third-order valence-electron chi connectivity index (χ3n) is 3.81. The topological polar surface area (TPSA) is 29.9 Å². The molecule has 2 fully saturated rings. The Morgan fingerprint density at radius 2 is 2.40 bits per heavy atom. The Morgan fingerprint density at radius 3 is 3.00 bits per heavy atom. The molecule has 1 aromatic heterocycles. The molecule has 1 aromatic rings. The van der Waals surface area contributed by atoms with Gasteiger partial charge in [0.1, 0.15) is 0 Å². The molecule has 5 heteroatoms. The zero-order valence-corrected chi connectivity index (χ0v) is 8.50. The van der Waals surface area contributed by atoms with Gasteiger partial charge in [-0.15, -0.1) is 0 Å². The van der Waals surface area contributed by atoms with E-state index < -0.39 is 17.3 Å². The molecule has 0 amide bonds. The summed E-state index contributed by atoms with van der Waals surface area (Å²) in [6.07, 6.45) is 3.81. The minimum atomic E-state index is -2.56. The van der Waals surface area contributed by atoms with Crippen molar-refractivity contribution in [3.63, 3.8) is 0 Å². The second-order valence-corrected chi connectivity index (χ2v) is 4.50. The Labute approximate surface area is 86.5 Å². The van der Waals surface area contributed by atoms with Crippen LogP contribution in [0.5, 0.6) is 0 Å². The lowest BCUT2D eigenvalue weighted by Crippen LogP contribution is -2.31. The SMILES string of the molecule is Cn1cc([C@@]23CCNC[C@@H]2C3(F)F)cn1. The Hall–Kier alpha value is -0.970. The molecule has 2 heterocycles. The maximum absolute atomic E-state index is 13.8. The van der Waals surface area contributed by atoms with Crippen LogP contribution >= 0.6 is 0 Å². The minimum absolute atomic E-state index is 0.419. The number of hydrogen-bond donors (Lipinski definition) is 1. The first-order chi connectivity index (χ1) is 7.09. The first-order valence-corrected chi connectivity index (χ1v) is 5.17. The normalized spacial score (nSPS) is 37.4. The Kier molecular flexibility index (Phi) is 1.60. The third kappa shape index (κ3) is 0.942. The molecule has 82 valence electrons. The van der Waals surface area contributed by atoms with E-state index in [1.54, 1.807) is 24.1 Å². The van der Waals surface area contributed by atoms with Crippen molar-refractivity contribution in [2.24, 2.45) is 13.0 Å². The van der Waals surface area contributed by atoms with Crippen molar-refractivity contribution < 1.29 is 8.78 Å². The Morgan fingerprint density at radius 1 is 1.60 bits per heavy atom. The third-order valence-corrected chi connectivity index (χ3v) is 3.81. The number of alkyl halides is 2. The molecule has 3 nitrogen and oxygen atoms in total. The average Bonchev–Trinajstić information content (AvgIpc) is 2.56. The highest BCUT2D eigenvalue weighted by molar-refractivity contribution is 5.40.